The van der Waals surface area contributed by atoms with E-state index in [0.717, 1.165) is 10.7 Å². The SMILES string of the molecule is O=N[O-].O=N[O-].[Pt]. The van der Waals surface area contributed by atoms with E-state index in [-0.39, 0.29) is 21.1 Å². The molecule has 7 heavy (non-hydrogen) atoms. The average Bonchev–Trinajstić information content (AvgIpc) is 1.39. The van der Waals surface area contributed by atoms with Gasteiger partial charge in [0, 0.05) is 21.1 Å². The smallest absolute Gasteiger partial charge is 0 e. The van der Waals surface area contributed by atoms with Crippen LogP contribution in [-0.2, 0) is 21.1 Å². The van der Waals surface area contributed by atoms with Gasteiger partial charge in [-0.2, -0.15) is 0 Å². The van der Waals surface area contributed by atoms with Crippen molar-refractivity contribution in [2.24, 2.45) is 10.7 Å². The summed E-state index contributed by atoms with van der Waals surface area (Å²) in [5.74, 6) is 0. The molecule has 0 aliphatic rings. The van der Waals surface area contributed by atoms with Gasteiger partial charge >= 0.3 is 0 Å². The van der Waals surface area contributed by atoms with Crippen molar-refractivity contribution in [3.05, 3.63) is 20.2 Å². The van der Waals surface area contributed by atoms with E-state index < -0.39 is 0 Å². The summed E-state index contributed by atoms with van der Waals surface area (Å²) in [7, 11) is 0. The largest absolute Gasteiger partial charge is 0.444 e. The van der Waals surface area contributed by atoms with Gasteiger partial charge < -0.3 is 20.2 Å². The molecular weight excluding hydrogens is 287 g/mol. The molecule has 0 bridgehead atoms. The van der Waals surface area contributed by atoms with Crippen LogP contribution >= 0.6 is 0 Å². The second-order valence-electron chi connectivity index (χ2n) is 0.149. The summed E-state index contributed by atoms with van der Waals surface area (Å²) in [6, 6.07) is 0. The standard InChI is InChI=1S/2HNO2.Pt/c2*2-1-3;/h2*(H,2,3);/p-2. The molecule has 0 aliphatic carbocycles. The molecule has 0 aromatic rings. The van der Waals surface area contributed by atoms with Crippen molar-refractivity contribution in [3.63, 3.8) is 0 Å². The first-order chi connectivity index (χ1) is 2.83. The molecule has 0 N–H and O–H groups in total. The molecule has 0 aromatic carbocycles. The van der Waals surface area contributed by atoms with Crippen LogP contribution in [0.3, 0.4) is 0 Å². The third kappa shape index (κ3) is 255. The maximum Gasteiger partial charge on any atom is 0 e. The van der Waals surface area contributed by atoms with Crippen LogP contribution in [0.4, 0.5) is 0 Å². The molecule has 0 fully saturated rings. The Bertz CT molecular complexity index is 30.7. The number of hydrogen-bond acceptors (Lipinski definition) is 6. The Morgan fingerprint density at radius 3 is 1.00 bits per heavy atom. The molecule has 0 radical (unpaired) electrons. The molecule has 0 unspecified atom stereocenters. The fraction of sp³-hybridized carbons (Fsp3) is 0. The summed E-state index contributed by atoms with van der Waals surface area (Å²) in [4.78, 5) is 16.0. The van der Waals surface area contributed by atoms with E-state index in [0.29, 0.717) is 0 Å². The van der Waals surface area contributed by atoms with Crippen molar-refractivity contribution in [3.8, 4) is 0 Å². The molecule has 0 aliphatic heterocycles. The van der Waals surface area contributed by atoms with E-state index in [2.05, 4.69) is 0 Å². The van der Waals surface area contributed by atoms with Crippen molar-refractivity contribution in [2.75, 3.05) is 0 Å². The maximum absolute atomic E-state index is 8.00. The van der Waals surface area contributed by atoms with Gasteiger partial charge in [0.15, 0.2) is 0 Å². The van der Waals surface area contributed by atoms with Crippen molar-refractivity contribution >= 4 is 0 Å². The summed E-state index contributed by atoms with van der Waals surface area (Å²) in [5.41, 5.74) is 0. The van der Waals surface area contributed by atoms with Gasteiger partial charge in [0.25, 0.3) is 0 Å². The summed E-state index contributed by atoms with van der Waals surface area (Å²) in [5, 5.41) is 18.0. The average molecular weight is 287 g/mol. The fourth-order valence-electron chi connectivity index (χ4n) is 0. The van der Waals surface area contributed by atoms with Crippen LogP contribution in [0.1, 0.15) is 0 Å². The van der Waals surface area contributed by atoms with Crippen LogP contribution in [0.15, 0.2) is 10.7 Å². The second kappa shape index (κ2) is 49.9. The fourth-order valence-corrected chi connectivity index (χ4v) is 0. The summed E-state index contributed by atoms with van der Waals surface area (Å²) < 4.78 is 0. The van der Waals surface area contributed by atoms with Crippen molar-refractivity contribution in [1.82, 2.24) is 0 Å². The van der Waals surface area contributed by atoms with E-state index >= 15 is 0 Å². The number of hydrogen-bond donors (Lipinski definition) is 0. The zero-order valence-electron chi connectivity index (χ0n) is 2.84. The van der Waals surface area contributed by atoms with E-state index in [4.69, 9.17) is 20.2 Å². The van der Waals surface area contributed by atoms with Crippen LogP contribution in [0, 0.1) is 20.2 Å². The molecule has 0 aromatic heterocycles. The Balaban J connectivity index is -0.0000000400. The molecule has 0 atom stereocenters. The summed E-state index contributed by atoms with van der Waals surface area (Å²) in [6.45, 7) is 0. The molecule has 0 saturated heterocycles. The monoisotopic (exact) mass is 287 g/mol. The van der Waals surface area contributed by atoms with Crippen LogP contribution in [0.5, 0.6) is 0 Å². The Labute approximate surface area is 52.7 Å². The van der Waals surface area contributed by atoms with Gasteiger partial charge in [0.1, 0.15) is 0 Å². The Morgan fingerprint density at radius 1 is 1.00 bits per heavy atom. The Morgan fingerprint density at radius 2 is 1.00 bits per heavy atom. The van der Waals surface area contributed by atoms with Crippen molar-refractivity contribution in [2.45, 2.75) is 0 Å². The van der Waals surface area contributed by atoms with Crippen LogP contribution in [-0.4, -0.2) is 0 Å². The van der Waals surface area contributed by atoms with Gasteiger partial charge in [0.05, 0.1) is 0 Å². The van der Waals surface area contributed by atoms with Gasteiger partial charge in [-0.1, -0.05) is 0 Å². The van der Waals surface area contributed by atoms with Gasteiger partial charge in [-0.3, -0.25) is 0 Å². The van der Waals surface area contributed by atoms with Gasteiger partial charge in [-0.25, -0.2) is 0 Å². The molecule has 0 amide bonds. The third-order valence-electron chi connectivity index (χ3n) is 0. The quantitative estimate of drug-likeness (QED) is 0.477. The van der Waals surface area contributed by atoms with Crippen LogP contribution < -0.4 is 0 Å². The van der Waals surface area contributed by atoms with Crippen LogP contribution in [0.2, 0.25) is 0 Å². The van der Waals surface area contributed by atoms with Crippen molar-refractivity contribution in [1.29, 1.82) is 0 Å². The number of nitrogens with zero attached hydrogens (tertiary/aromatic N) is 2. The molecule has 6 nitrogen and oxygen atoms in total. The summed E-state index contributed by atoms with van der Waals surface area (Å²) >= 11 is 0. The molecule has 7 heteroatoms. The van der Waals surface area contributed by atoms with E-state index in [1.807, 2.05) is 0 Å². The van der Waals surface area contributed by atoms with E-state index in [9.17, 15) is 0 Å². The van der Waals surface area contributed by atoms with E-state index in [1.54, 1.807) is 0 Å². The minimum Gasteiger partial charge on any atom is -0.444 e. The predicted octanol–water partition coefficient (Wildman–Crippen LogP) is 0.499. The maximum atomic E-state index is 8.00. The minimum atomic E-state index is 0. The minimum absolute atomic E-state index is 0. The molecule has 0 saturated carbocycles. The molecule has 0 heterocycles. The first-order valence-electron chi connectivity index (χ1n) is 0.730. The van der Waals surface area contributed by atoms with E-state index in [1.165, 1.54) is 0 Å². The molecular formula is N2O4Pt-2. The number of rotatable bonds is 0. The van der Waals surface area contributed by atoms with Gasteiger partial charge in [-0.15, -0.1) is 10.7 Å². The zero-order valence-corrected chi connectivity index (χ0v) is 5.12. The first-order valence-corrected chi connectivity index (χ1v) is 0.730. The topological polar surface area (TPSA) is 105 Å². The Kier molecular flexibility index (Phi) is 115. The first kappa shape index (κ1) is 16.1. The molecule has 0 spiro atoms. The van der Waals surface area contributed by atoms with Crippen molar-refractivity contribution < 1.29 is 21.1 Å². The van der Waals surface area contributed by atoms with Gasteiger partial charge in [0.2, 0.25) is 0 Å². The third-order valence-corrected chi connectivity index (χ3v) is 0. The molecule has 46 valence electrons. The second-order valence-corrected chi connectivity index (χ2v) is 0.149. The predicted molar refractivity (Wildman–Crippen MR) is 18.3 cm³/mol. The Hall–Kier alpha value is -0.512. The van der Waals surface area contributed by atoms with Crippen LogP contribution in [0.25, 0.3) is 0 Å². The molecule has 0 rings (SSSR count). The van der Waals surface area contributed by atoms with Gasteiger partial charge in [-0.05, 0) is 0 Å². The normalized spacial score (nSPS) is 3.43. The zero-order chi connectivity index (χ0) is 5.41. The summed E-state index contributed by atoms with van der Waals surface area (Å²) in [6.07, 6.45) is 0.